The molecule has 100 valence electrons. The number of hydrogen-bond donors (Lipinski definition) is 0. The van der Waals surface area contributed by atoms with Crippen molar-refractivity contribution in [2.24, 2.45) is 0 Å². The first-order valence-electron chi connectivity index (χ1n) is 5.71. The van der Waals surface area contributed by atoms with Crippen molar-refractivity contribution < 1.29 is 9.53 Å². The van der Waals surface area contributed by atoms with E-state index in [2.05, 4.69) is 0 Å². The number of carbonyl (C=O) groups is 1. The topological polar surface area (TPSA) is 29.5 Å². The van der Waals surface area contributed by atoms with Gasteiger partial charge >= 0.3 is 0 Å². The highest BCUT2D eigenvalue weighted by Crippen LogP contribution is 2.26. The molecule has 0 saturated carbocycles. The molecular formula is C13H17Cl2NO2. The summed E-state index contributed by atoms with van der Waals surface area (Å²) in [4.78, 5) is 14.0. The number of likely N-dealkylation sites (N-methyl/N-ethyl adjacent to an activating group) is 1. The molecule has 18 heavy (non-hydrogen) atoms. The van der Waals surface area contributed by atoms with Crippen LogP contribution >= 0.6 is 23.2 Å². The van der Waals surface area contributed by atoms with Crippen LogP contribution in [0, 0.1) is 0 Å². The SMILES string of the molecule is COCCN(C)CCC(=O)c1cccc(Cl)c1Cl. The van der Waals surface area contributed by atoms with E-state index in [4.69, 9.17) is 27.9 Å². The van der Waals surface area contributed by atoms with Crippen molar-refractivity contribution in [2.45, 2.75) is 6.42 Å². The van der Waals surface area contributed by atoms with E-state index in [0.29, 0.717) is 35.2 Å². The highest BCUT2D eigenvalue weighted by molar-refractivity contribution is 6.43. The van der Waals surface area contributed by atoms with Crippen LogP contribution in [0.2, 0.25) is 10.0 Å². The summed E-state index contributed by atoms with van der Waals surface area (Å²) < 4.78 is 4.97. The molecule has 0 N–H and O–H groups in total. The van der Waals surface area contributed by atoms with Crippen LogP contribution in [0.1, 0.15) is 16.8 Å². The molecule has 0 bridgehead atoms. The quantitative estimate of drug-likeness (QED) is 0.722. The summed E-state index contributed by atoms with van der Waals surface area (Å²) in [7, 11) is 3.61. The molecule has 0 aromatic heterocycles. The number of nitrogens with zero attached hydrogens (tertiary/aromatic N) is 1. The van der Waals surface area contributed by atoms with Crippen LogP contribution in [0.5, 0.6) is 0 Å². The Labute approximate surface area is 118 Å². The third kappa shape index (κ3) is 4.58. The Morgan fingerprint density at radius 1 is 1.33 bits per heavy atom. The summed E-state index contributed by atoms with van der Waals surface area (Å²) in [6.45, 7) is 2.13. The highest BCUT2D eigenvalue weighted by Gasteiger charge is 2.13. The van der Waals surface area contributed by atoms with Crippen molar-refractivity contribution in [1.82, 2.24) is 4.90 Å². The van der Waals surface area contributed by atoms with Crippen molar-refractivity contribution in [3.63, 3.8) is 0 Å². The molecule has 0 aliphatic carbocycles. The van der Waals surface area contributed by atoms with Gasteiger partial charge in [0.1, 0.15) is 0 Å². The Bertz CT molecular complexity index is 410. The van der Waals surface area contributed by atoms with E-state index in [-0.39, 0.29) is 5.78 Å². The van der Waals surface area contributed by atoms with Crippen LogP contribution in [0.3, 0.4) is 0 Å². The number of carbonyl (C=O) groups excluding carboxylic acids is 1. The van der Waals surface area contributed by atoms with E-state index in [1.54, 1.807) is 25.3 Å². The summed E-state index contributed by atoms with van der Waals surface area (Å²) >= 11 is 11.9. The van der Waals surface area contributed by atoms with Crippen LogP contribution in [-0.2, 0) is 4.74 Å². The predicted molar refractivity (Wildman–Crippen MR) is 74.8 cm³/mol. The van der Waals surface area contributed by atoms with Gasteiger partial charge in [0, 0.05) is 32.2 Å². The second kappa shape index (κ2) is 7.74. The summed E-state index contributed by atoms with van der Waals surface area (Å²) in [5.41, 5.74) is 0.490. The number of Topliss-reactive ketones (excluding diaryl/α,β-unsaturated/α-hetero) is 1. The number of rotatable bonds is 7. The number of halogens is 2. The highest BCUT2D eigenvalue weighted by atomic mass is 35.5. The zero-order valence-electron chi connectivity index (χ0n) is 10.6. The van der Waals surface area contributed by atoms with Crippen molar-refractivity contribution in [1.29, 1.82) is 0 Å². The van der Waals surface area contributed by atoms with E-state index < -0.39 is 0 Å². The fourth-order valence-corrected chi connectivity index (χ4v) is 1.91. The first-order chi connectivity index (χ1) is 8.56. The predicted octanol–water partition coefficient (Wildman–Crippen LogP) is 3.14. The lowest BCUT2D eigenvalue weighted by molar-refractivity contribution is 0.0960. The first kappa shape index (κ1) is 15.4. The zero-order chi connectivity index (χ0) is 13.5. The van der Waals surface area contributed by atoms with Gasteiger partial charge in [0.15, 0.2) is 5.78 Å². The van der Waals surface area contributed by atoms with Crippen LogP contribution < -0.4 is 0 Å². The Morgan fingerprint density at radius 2 is 2.06 bits per heavy atom. The average molecular weight is 290 g/mol. The summed E-state index contributed by atoms with van der Waals surface area (Å²) in [5, 5.41) is 0.749. The maximum atomic E-state index is 12.0. The van der Waals surface area contributed by atoms with Gasteiger partial charge in [-0.15, -0.1) is 0 Å². The van der Waals surface area contributed by atoms with E-state index in [1.165, 1.54) is 0 Å². The molecule has 0 spiro atoms. The standard InChI is InChI=1S/C13H17Cl2NO2/c1-16(8-9-18-2)7-6-12(17)10-4-3-5-11(14)13(10)15/h3-5H,6-9H2,1-2H3. The van der Waals surface area contributed by atoms with Gasteiger partial charge in [-0.2, -0.15) is 0 Å². The Morgan fingerprint density at radius 3 is 2.72 bits per heavy atom. The third-order valence-electron chi connectivity index (χ3n) is 2.65. The molecule has 0 atom stereocenters. The lowest BCUT2D eigenvalue weighted by atomic mass is 10.1. The van der Waals surface area contributed by atoms with E-state index >= 15 is 0 Å². The molecule has 0 fully saturated rings. The fourth-order valence-electron chi connectivity index (χ4n) is 1.51. The van der Waals surface area contributed by atoms with Gasteiger partial charge in [0.2, 0.25) is 0 Å². The molecule has 1 aromatic carbocycles. The van der Waals surface area contributed by atoms with Crippen molar-refractivity contribution in [3.05, 3.63) is 33.8 Å². The zero-order valence-corrected chi connectivity index (χ0v) is 12.1. The first-order valence-corrected chi connectivity index (χ1v) is 6.46. The van der Waals surface area contributed by atoms with E-state index in [9.17, 15) is 4.79 Å². The van der Waals surface area contributed by atoms with Gasteiger partial charge in [-0.1, -0.05) is 29.3 Å². The number of ketones is 1. The van der Waals surface area contributed by atoms with Gasteiger partial charge in [-0.25, -0.2) is 0 Å². The molecule has 1 aromatic rings. The largest absolute Gasteiger partial charge is 0.383 e. The summed E-state index contributed by atoms with van der Waals surface area (Å²) in [6.07, 6.45) is 0.417. The lowest BCUT2D eigenvalue weighted by Crippen LogP contribution is -2.25. The van der Waals surface area contributed by atoms with Crippen LogP contribution in [0.15, 0.2) is 18.2 Å². The molecule has 0 radical (unpaired) electrons. The van der Waals surface area contributed by atoms with Crippen molar-refractivity contribution in [3.8, 4) is 0 Å². The monoisotopic (exact) mass is 289 g/mol. The molecule has 0 amide bonds. The van der Waals surface area contributed by atoms with Crippen LogP contribution in [0.4, 0.5) is 0 Å². The van der Waals surface area contributed by atoms with E-state index in [1.807, 2.05) is 11.9 Å². The van der Waals surface area contributed by atoms with Crippen LogP contribution in [0.25, 0.3) is 0 Å². The fraction of sp³-hybridized carbons (Fsp3) is 0.462. The normalized spacial score (nSPS) is 10.9. The minimum atomic E-state index is 0.00627. The molecule has 0 heterocycles. The van der Waals surface area contributed by atoms with Crippen LogP contribution in [-0.4, -0.2) is 44.5 Å². The smallest absolute Gasteiger partial charge is 0.165 e. The van der Waals surface area contributed by atoms with Gasteiger partial charge < -0.3 is 9.64 Å². The maximum absolute atomic E-state index is 12.0. The van der Waals surface area contributed by atoms with Crippen molar-refractivity contribution >= 4 is 29.0 Å². The Balaban J connectivity index is 2.53. The van der Waals surface area contributed by atoms with Gasteiger partial charge in [0.25, 0.3) is 0 Å². The average Bonchev–Trinajstić information content (AvgIpc) is 2.36. The number of ether oxygens (including phenoxy) is 1. The second-order valence-electron chi connectivity index (χ2n) is 4.07. The third-order valence-corrected chi connectivity index (χ3v) is 3.47. The minimum Gasteiger partial charge on any atom is -0.383 e. The summed E-state index contributed by atoms with van der Waals surface area (Å²) in [6, 6.07) is 5.10. The molecule has 0 aliphatic rings. The van der Waals surface area contributed by atoms with Gasteiger partial charge in [0.05, 0.1) is 16.7 Å². The van der Waals surface area contributed by atoms with E-state index in [0.717, 1.165) is 6.54 Å². The Hall–Kier alpha value is -0.610. The number of benzene rings is 1. The summed E-state index contributed by atoms with van der Waals surface area (Å²) in [5.74, 6) is 0.00627. The van der Waals surface area contributed by atoms with Gasteiger partial charge in [-0.05, 0) is 19.2 Å². The number of hydrogen-bond acceptors (Lipinski definition) is 3. The van der Waals surface area contributed by atoms with Gasteiger partial charge in [-0.3, -0.25) is 4.79 Å². The molecular weight excluding hydrogens is 273 g/mol. The molecule has 0 aliphatic heterocycles. The number of methoxy groups -OCH3 is 1. The maximum Gasteiger partial charge on any atom is 0.165 e. The molecule has 5 heteroatoms. The Kier molecular flexibility index (Phi) is 6.65. The molecule has 1 rings (SSSR count). The molecule has 0 unspecified atom stereocenters. The van der Waals surface area contributed by atoms with Crippen molar-refractivity contribution in [2.75, 3.05) is 33.9 Å². The minimum absolute atomic E-state index is 0.00627. The lowest BCUT2D eigenvalue weighted by Gasteiger charge is -2.15. The second-order valence-corrected chi connectivity index (χ2v) is 4.86. The molecule has 3 nitrogen and oxygen atoms in total. The molecule has 0 saturated heterocycles.